The molecule has 4 heteroatoms. The van der Waals surface area contributed by atoms with E-state index in [2.05, 4.69) is 86.0 Å². The molecule has 1 aliphatic rings. The van der Waals surface area contributed by atoms with Gasteiger partial charge in [-0.1, -0.05) is 48.0 Å². The lowest BCUT2D eigenvalue weighted by atomic mass is 10.1. The fraction of sp³-hybridized carbons (Fsp3) is 0.259. The summed E-state index contributed by atoms with van der Waals surface area (Å²) in [6.45, 7) is 7.73. The first-order valence-corrected chi connectivity index (χ1v) is 10.9. The molecule has 31 heavy (non-hydrogen) atoms. The Hall–Kier alpha value is -3.40. The van der Waals surface area contributed by atoms with Crippen LogP contribution in [0, 0.1) is 20.8 Å². The third kappa shape index (κ3) is 3.63. The number of carbonyl (C=O) groups excluding carboxylic acids is 1. The third-order valence-electron chi connectivity index (χ3n) is 6.40. The fourth-order valence-corrected chi connectivity index (χ4v) is 4.59. The molecule has 5 rings (SSSR count). The Bertz CT molecular complexity index is 1290. The number of aryl methyl sites for hydroxylation is 3. The number of fused-ring (bicyclic) bond motifs is 1. The number of imidazole rings is 1. The molecule has 0 spiro atoms. The number of hydrogen-bond donors (Lipinski definition) is 0. The smallest absolute Gasteiger partial charge is 0.227 e. The van der Waals surface area contributed by atoms with E-state index in [9.17, 15) is 4.79 Å². The number of rotatable bonds is 4. The van der Waals surface area contributed by atoms with Crippen molar-refractivity contribution in [2.24, 2.45) is 0 Å². The van der Waals surface area contributed by atoms with Crippen LogP contribution in [0.15, 0.2) is 66.7 Å². The summed E-state index contributed by atoms with van der Waals surface area (Å²) in [4.78, 5) is 19.9. The van der Waals surface area contributed by atoms with E-state index in [4.69, 9.17) is 4.98 Å². The van der Waals surface area contributed by atoms with Gasteiger partial charge in [-0.2, -0.15) is 0 Å². The number of para-hydroxylation sites is 2. The summed E-state index contributed by atoms with van der Waals surface area (Å²) in [5.41, 5.74) is 8.04. The van der Waals surface area contributed by atoms with E-state index in [1.54, 1.807) is 0 Å². The highest BCUT2D eigenvalue weighted by Crippen LogP contribution is 2.34. The van der Waals surface area contributed by atoms with Crippen LogP contribution >= 0.6 is 0 Å². The molecule has 1 aliphatic heterocycles. The van der Waals surface area contributed by atoms with Gasteiger partial charge in [0.2, 0.25) is 5.91 Å². The maximum Gasteiger partial charge on any atom is 0.227 e. The zero-order chi connectivity index (χ0) is 21.5. The second-order valence-corrected chi connectivity index (χ2v) is 8.71. The number of hydrogen-bond acceptors (Lipinski definition) is 2. The molecule has 1 saturated heterocycles. The predicted octanol–water partition coefficient (Wildman–Crippen LogP) is 5.53. The molecule has 1 fully saturated rings. The standard InChI is InChI=1S/C27H27N3O/c1-18-7-6-8-21(13-18)16-30-25-10-5-4-9-24(25)28-27(30)22-15-26(31)29(17-22)23-12-11-19(2)20(3)14-23/h4-14,22H,15-17H2,1-3H3. The van der Waals surface area contributed by atoms with Crippen molar-refractivity contribution in [3.8, 4) is 0 Å². The summed E-state index contributed by atoms with van der Waals surface area (Å²) in [5, 5.41) is 0. The zero-order valence-electron chi connectivity index (χ0n) is 18.3. The SMILES string of the molecule is Cc1cccc(Cn2c(C3CC(=O)N(c4ccc(C)c(C)c4)C3)nc3ccccc32)c1. The Morgan fingerprint density at radius 1 is 0.935 bits per heavy atom. The Morgan fingerprint density at radius 3 is 2.58 bits per heavy atom. The first-order valence-electron chi connectivity index (χ1n) is 10.9. The van der Waals surface area contributed by atoms with Gasteiger partial charge in [-0.15, -0.1) is 0 Å². The van der Waals surface area contributed by atoms with Crippen LogP contribution < -0.4 is 4.90 Å². The van der Waals surface area contributed by atoms with Gasteiger partial charge in [0, 0.05) is 31.1 Å². The van der Waals surface area contributed by atoms with Crippen LogP contribution in [0.3, 0.4) is 0 Å². The predicted molar refractivity (Wildman–Crippen MR) is 126 cm³/mol. The van der Waals surface area contributed by atoms with E-state index < -0.39 is 0 Å². The van der Waals surface area contributed by atoms with Crippen molar-refractivity contribution in [1.29, 1.82) is 0 Å². The first kappa shape index (κ1) is 19.6. The lowest BCUT2D eigenvalue weighted by Gasteiger charge is -2.18. The van der Waals surface area contributed by atoms with Crippen molar-refractivity contribution in [3.63, 3.8) is 0 Å². The summed E-state index contributed by atoms with van der Waals surface area (Å²) < 4.78 is 2.30. The number of amides is 1. The van der Waals surface area contributed by atoms with Crippen molar-refractivity contribution in [2.75, 3.05) is 11.4 Å². The van der Waals surface area contributed by atoms with Crippen LogP contribution in [0.4, 0.5) is 5.69 Å². The molecule has 1 aromatic heterocycles. The van der Waals surface area contributed by atoms with Crippen LogP contribution in [0.2, 0.25) is 0 Å². The number of aromatic nitrogens is 2. The number of carbonyl (C=O) groups is 1. The summed E-state index contributed by atoms with van der Waals surface area (Å²) >= 11 is 0. The summed E-state index contributed by atoms with van der Waals surface area (Å²) in [7, 11) is 0. The maximum absolute atomic E-state index is 13.0. The van der Waals surface area contributed by atoms with Gasteiger partial charge >= 0.3 is 0 Å². The van der Waals surface area contributed by atoms with Gasteiger partial charge < -0.3 is 9.47 Å². The van der Waals surface area contributed by atoms with Crippen molar-refractivity contribution in [3.05, 3.63) is 94.8 Å². The number of benzene rings is 3. The number of nitrogens with zero attached hydrogens (tertiary/aromatic N) is 3. The third-order valence-corrected chi connectivity index (χ3v) is 6.40. The molecule has 0 saturated carbocycles. The molecular weight excluding hydrogens is 382 g/mol. The lowest BCUT2D eigenvalue weighted by molar-refractivity contribution is -0.117. The van der Waals surface area contributed by atoms with E-state index in [0.29, 0.717) is 13.0 Å². The van der Waals surface area contributed by atoms with E-state index in [0.717, 1.165) is 29.1 Å². The topological polar surface area (TPSA) is 38.1 Å². The Morgan fingerprint density at radius 2 is 1.77 bits per heavy atom. The normalized spacial score (nSPS) is 16.4. The van der Waals surface area contributed by atoms with Gasteiger partial charge in [0.25, 0.3) is 0 Å². The molecule has 1 atom stereocenters. The second kappa shape index (κ2) is 7.69. The van der Waals surface area contributed by atoms with Crippen molar-refractivity contribution in [1.82, 2.24) is 9.55 Å². The molecule has 3 aromatic carbocycles. The molecular formula is C27H27N3O. The van der Waals surface area contributed by atoms with Gasteiger partial charge in [0.15, 0.2) is 0 Å². The van der Waals surface area contributed by atoms with Gasteiger partial charge in [0.1, 0.15) is 5.82 Å². The highest BCUT2D eigenvalue weighted by Gasteiger charge is 2.35. The minimum absolute atomic E-state index is 0.0753. The van der Waals surface area contributed by atoms with Crippen molar-refractivity contribution in [2.45, 2.75) is 39.7 Å². The average Bonchev–Trinajstić information content (AvgIpc) is 3.31. The molecule has 0 N–H and O–H groups in total. The summed E-state index contributed by atoms with van der Waals surface area (Å²) in [5.74, 6) is 1.25. The first-order chi connectivity index (χ1) is 15.0. The molecule has 1 amide bonds. The Balaban J connectivity index is 1.52. The van der Waals surface area contributed by atoms with Crippen LogP contribution in [0.1, 0.15) is 40.4 Å². The van der Waals surface area contributed by atoms with E-state index >= 15 is 0 Å². The van der Waals surface area contributed by atoms with Crippen LogP contribution in [-0.4, -0.2) is 22.0 Å². The molecule has 0 radical (unpaired) electrons. The minimum atomic E-state index is 0.0753. The summed E-state index contributed by atoms with van der Waals surface area (Å²) in [6.07, 6.45) is 0.490. The molecule has 4 aromatic rings. The molecule has 4 nitrogen and oxygen atoms in total. The van der Waals surface area contributed by atoms with E-state index in [-0.39, 0.29) is 11.8 Å². The molecule has 0 aliphatic carbocycles. The Kier molecular flexibility index (Phi) is 4.85. The molecule has 0 bridgehead atoms. The molecule has 1 unspecified atom stereocenters. The van der Waals surface area contributed by atoms with Crippen molar-refractivity contribution < 1.29 is 4.79 Å². The highest BCUT2D eigenvalue weighted by molar-refractivity contribution is 5.96. The van der Waals surface area contributed by atoms with E-state index in [1.807, 2.05) is 11.0 Å². The van der Waals surface area contributed by atoms with E-state index in [1.165, 1.54) is 22.3 Å². The van der Waals surface area contributed by atoms with Crippen LogP contribution in [0.25, 0.3) is 11.0 Å². The minimum Gasteiger partial charge on any atom is -0.323 e. The zero-order valence-corrected chi connectivity index (χ0v) is 18.3. The maximum atomic E-state index is 13.0. The van der Waals surface area contributed by atoms with Gasteiger partial charge in [-0.05, 0) is 61.7 Å². The molecule has 2 heterocycles. The van der Waals surface area contributed by atoms with Gasteiger partial charge in [-0.25, -0.2) is 4.98 Å². The van der Waals surface area contributed by atoms with Gasteiger partial charge in [0.05, 0.1) is 11.0 Å². The summed E-state index contributed by atoms with van der Waals surface area (Å²) in [6, 6.07) is 23.1. The number of anilines is 1. The monoisotopic (exact) mass is 409 g/mol. The van der Waals surface area contributed by atoms with Crippen molar-refractivity contribution >= 4 is 22.6 Å². The van der Waals surface area contributed by atoms with Gasteiger partial charge in [-0.3, -0.25) is 4.79 Å². The van der Waals surface area contributed by atoms with Crippen LogP contribution in [0.5, 0.6) is 0 Å². The lowest BCUT2D eigenvalue weighted by Crippen LogP contribution is -2.24. The van der Waals surface area contributed by atoms with Crippen LogP contribution in [-0.2, 0) is 11.3 Å². The Labute approximate surface area is 183 Å². The molecule has 156 valence electrons. The average molecular weight is 410 g/mol. The quantitative estimate of drug-likeness (QED) is 0.444. The highest BCUT2D eigenvalue weighted by atomic mass is 16.2. The second-order valence-electron chi connectivity index (χ2n) is 8.71. The largest absolute Gasteiger partial charge is 0.323 e. The fourth-order valence-electron chi connectivity index (χ4n) is 4.59.